The van der Waals surface area contributed by atoms with Gasteiger partial charge in [0, 0.05) is 38.7 Å². The Morgan fingerprint density at radius 1 is 0.955 bits per heavy atom. The van der Waals surface area contributed by atoms with Crippen molar-refractivity contribution >= 4 is 24.1 Å². The predicted molar refractivity (Wildman–Crippen MR) is 160 cm³/mol. The lowest BCUT2D eigenvalue weighted by atomic mass is 9.85. The quantitative estimate of drug-likeness (QED) is 0.0728. The monoisotopic (exact) mass is 620 g/mol. The highest BCUT2D eigenvalue weighted by Crippen LogP contribution is 2.42. The van der Waals surface area contributed by atoms with Gasteiger partial charge in [-0.05, 0) is 64.4 Å². The smallest absolute Gasteiger partial charge is 0.463 e. The van der Waals surface area contributed by atoms with E-state index >= 15 is 0 Å². The van der Waals surface area contributed by atoms with Crippen LogP contribution in [0.4, 0.5) is 4.79 Å². The molecule has 0 bridgehead atoms. The molecule has 1 saturated carbocycles. The molecule has 1 N–H and O–H groups in total. The molecule has 2 rings (SSSR count). The first kappa shape index (κ1) is 36.8. The Balaban J connectivity index is 2.06. The molecular formula is C33H48O11. The number of methoxy groups -OCH3 is 1. The second kappa shape index (κ2) is 20.5. The molecule has 0 saturated heterocycles. The molecule has 0 unspecified atom stereocenters. The summed E-state index contributed by atoms with van der Waals surface area (Å²) in [5, 5.41) is 10.8. The van der Waals surface area contributed by atoms with Crippen LogP contribution in [0.25, 0.3) is 0 Å². The van der Waals surface area contributed by atoms with Crippen LogP contribution in [-0.2, 0) is 49.2 Å². The van der Waals surface area contributed by atoms with Crippen LogP contribution in [0, 0.1) is 11.8 Å². The number of aliphatic hydroxyl groups excluding tert-OH is 1. The zero-order valence-corrected chi connectivity index (χ0v) is 26.3. The van der Waals surface area contributed by atoms with E-state index < -0.39 is 43.0 Å². The molecule has 1 aliphatic carbocycles. The third-order valence-electron chi connectivity index (χ3n) is 7.32. The zero-order chi connectivity index (χ0) is 32.3. The van der Waals surface area contributed by atoms with Gasteiger partial charge in [-0.25, -0.2) is 9.59 Å². The average molecular weight is 621 g/mol. The molecule has 11 nitrogen and oxygen atoms in total. The molecule has 11 heteroatoms. The lowest BCUT2D eigenvalue weighted by Crippen LogP contribution is -2.28. The second-order valence-electron chi connectivity index (χ2n) is 11.2. The fourth-order valence-corrected chi connectivity index (χ4v) is 5.35. The molecule has 246 valence electrons. The van der Waals surface area contributed by atoms with Crippen LogP contribution in [0.15, 0.2) is 42.5 Å². The van der Waals surface area contributed by atoms with Gasteiger partial charge in [-0.3, -0.25) is 9.59 Å². The molecule has 0 spiro atoms. The Labute approximate surface area is 260 Å². The molecule has 0 aromatic heterocycles. The number of esters is 3. The summed E-state index contributed by atoms with van der Waals surface area (Å²) in [6.07, 6.45) is 5.73. The first-order valence-electron chi connectivity index (χ1n) is 15.3. The third-order valence-corrected chi connectivity index (χ3v) is 7.32. The largest absolute Gasteiger partial charge is 0.509 e. The van der Waals surface area contributed by atoms with Crippen molar-refractivity contribution in [2.75, 3.05) is 20.5 Å². The van der Waals surface area contributed by atoms with Crippen molar-refractivity contribution in [2.24, 2.45) is 11.8 Å². The maximum atomic E-state index is 12.5. The van der Waals surface area contributed by atoms with Crippen LogP contribution >= 0.6 is 0 Å². The van der Waals surface area contributed by atoms with E-state index in [2.05, 4.69) is 4.74 Å². The summed E-state index contributed by atoms with van der Waals surface area (Å²) in [5.41, 5.74) is 1.14. The van der Waals surface area contributed by atoms with E-state index in [4.69, 9.17) is 23.7 Å². The van der Waals surface area contributed by atoms with Crippen molar-refractivity contribution in [3.8, 4) is 0 Å². The molecule has 1 aliphatic rings. The van der Waals surface area contributed by atoms with Gasteiger partial charge in [0.1, 0.15) is 12.2 Å². The van der Waals surface area contributed by atoms with Crippen LogP contribution < -0.4 is 0 Å². The van der Waals surface area contributed by atoms with E-state index in [0.717, 1.165) is 12.0 Å². The van der Waals surface area contributed by atoms with Gasteiger partial charge in [0.05, 0.1) is 12.2 Å². The van der Waals surface area contributed by atoms with Crippen LogP contribution in [0.2, 0.25) is 0 Å². The molecular weight excluding hydrogens is 572 g/mol. The van der Waals surface area contributed by atoms with Gasteiger partial charge >= 0.3 is 24.1 Å². The Bertz CT molecular complexity index is 1040. The minimum Gasteiger partial charge on any atom is -0.463 e. The SMILES string of the molecule is COCOC(=O)COC(=O)O[C@@H]1C[C@H](OC(C)=O)[C@H](C/C=C\CCCC(=O)OC(C)C)[C@H]1CC[C@@H](O)CCc1ccccc1. The van der Waals surface area contributed by atoms with E-state index in [-0.39, 0.29) is 37.1 Å². The van der Waals surface area contributed by atoms with Crippen LogP contribution in [0.1, 0.15) is 77.7 Å². The summed E-state index contributed by atoms with van der Waals surface area (Å²) in [7, 11) is 1.36. The average Bonchev–Trinajstić information content (AvgIpc) is 3.28. The minimum atomic E-state index is -1.04. The van der Waals surface area contributed by atoms with Crippen molar-refractivity contribution in [1.29, 1.82) is 0 Å². The number of benzene rings is 1. The standard InChI is InChI=1S/C33H48O11/c1-23(2)42-31(36)15-11-6-5-10-14-27-28(19-18-26(35)17-16-25-12-8-7-9-13-25)30(20-29(27)43-24(3)34)44-33(38)40-21-32(37)41-22-39-4/h5,7-10,12-13,23,26-30,35H,6,11,14-22H2,1-4H3/b10-5-/t26-,27+,28+,29-,30+/m0/s1. The van der Waals surface area contributed by atoms with Gasteiger partial charge in [-0.1, -0.05) is 42.5 Å². The van der Waals surface area contributed by atoms with E-state index in [1.165, 1.54) is 14.0 Å². The molecule has 1 aromatic rings. The third kappa shape index (κ3) is 14.8. The normalized spacial score (nSPS) is 20.3. The van der Waals surface area contributed by atoms with Crippen molar-refractivity contribution in [3.63, 3.8) is 0 Å². The van der Waals surface area contributed by atoms with Gasteiger partial charge in [0.15, 0.2) is 13.4 Å². The van der Waals surface area contributed by atoms with Gasteiger partial charge < -0.3 is 33.5 Å². The van der Waals surface area contributed by atoms with Gasteiger partial charge in [-0.15, -0.1) is 0 Å². The summed E-state index contributed by atoms with van der Waals surface area (Å²) in [5.74, 6) is -1.90. The predicted octanol–water partition coefficient (Wildman–Crippen LogP) is 5.07. The number of aliphatic hydroxyl groups is 1. The van der Waals surface area contributed by atoms with Gasteiger partial charge in [0.25, 0.3) is 0 Å². The fraction of sp³-hybridized carbons (Fsp3) is 0.636. The summed E-state index contributed by atoms with van der Waals surface area (Å²) < 4.78 is 30.8. The molecule has 0 heterocycles. The van der Waals surface area contributed by atoms with Crippen molar-refractivity contribution in [3.05, 3.63) is 48.0 Å². The highest BCUT2D eigenvalue weighted by Gasteiger charge is 2.46. The Morgan fingerprint density at radius 3 is 2.36 bits per heavy atom. The highest BCUT2D eigenvalue weighted by atomic mass is 16.7. The zero-order valence-electron chi connectivity index (χ0n) is 26.3. The topological polar surface area (TPSA) is 144 Å². The molecule has 0 radical (unpaired) electrons. The van der Waals surface area contributed by atoms with E-state index in [9.17, 15) is 24.3 Å². The van der Waals surface area contributed by atoms with Gasteiger partial charge in [-0.2, -0.15) is 0 Å². The second-order valence-corrected chi connectivity index (χ2v) is 11.2. The molecule has 0 aliphatic heterocycles. The number of rotatable bonds is 19. The Hall–Kier alpha value is -3.44. The van der Waals surface area contributed by atoms with Crippen molar-refractivity contribution in [1.82, 2.24) is 0 Å². The number of ether oxygens (including phenoxy) is 6. The first-order chi connectivity index (χ1) is 21.1. The van der Waals surface area contributed by atoms with Crippen molar-refractivity contribution in [2.45, 2.75) is 103 Å². The molecule has 1 fully saturated rings. The number of allylic oxidation sites excluding steroid dienone is 2. The fourth-order valence-electron chi connectivity index (χ4n) is 5.35. The molecule has 0 amide bonds. The lowest BCUT2D eigenvalue weighted by molar-refractivity contribution is -0.158. The highest BCUT2D eigenvalue weighted by molar-refractivity contribution is 5.73. The van der Waals surface area contributed by atoms with E-state index in [0.29, 0.717) is 44.9 Å². The number of carbonyl (C=O) groups excluding carboxylic acids is 4. The lowest BCUT2D eigenvalue weighted by Gasteiger charge is -2.26. The number of aryl methyl sites for hydroxylation is 1. The summed E-state index contributed by atoms with van der Waals surface area (Å²) in [4.78, 5) is 48.0. The Morgan fingerprint density at radius 2 is 1.68 bits per heavy atom. The number of unbranched alkanes of at least 4 members (excludes halogenated alkanes) is 1. The maximum absolute atomic E-state index is 12.5. The van der Waals surface area contributed by atoms with Crippen LogP contribution in [-0.4, -0.2) is 74.1 Å². The van der Waals surface area contributed by atoms with Crippen LogP contribution in [0.3, 0.4) is 0 Å². The number of hydrogen-bond donors (Lipinski definition) is 1. The van der Waals surface area contributed by atoms with E-state index in [1.54, 1.807) is 0 Å². The number of hydrogen-bond acceptors (Lipinski definition) is 11. The summed E-state index contributed by atoms with van der Waals surface area (Å²) in [6.45, 7) is 4.05. The minimum absolute atomic E-state index is 0.149. The summed E-state index contributed by atoms with van der Waals surface area (Å²) >= 11 is 0. The first-order valence-corrected chi connectivity index (χ1v) is 15.3. The molecule has 5 atom stereocenters. The number of carbonyl (C=O) groups is 4. The van der Waals surface area contributed by atoms with Gasteiger partial charge in [0.2, 0.25) is 0 Å². The molecule has 44 heavy (non-hydrogen) atoms. The summed E-state index contributed by atoms with van der Waals surface area (Å²) in [6, 6.07) is 9.90. The Kier molecular flexibility index (Phi) is 17.1. The van der Waals surface area contributed by atoms with E-state index in [1.807, 2.05) is 56.3 Å². The van der Waals surface area contributed by atoms with Crippen LogP contribution in [0.5, 0.6) is 0 Å². The molecule has 1 aromatic carbocycles. The maximum Gasteiger partial charge on any atom is 0.509 e. The van der Waals surface area contributed by atoms with Crippen molar-refractivity contribution < 1.29 is 52.7 Å².